The maximum absolute atomic E-state index is 14.4. The van der Waals surface area contributed by atoms with Gasteiger partial charge < -0.3 is 46.9 Å². The molecular weight excluding hydrogens is 1250 g/mol. The van der Waals surface area contributed by atoms with Crippen LogP contribution in [0.1, 0.15) is 155 Å². The molecule has 0 radical (unpaired) electrons. The van der Waals surface area contributed by atoms with Crippen LogP contribution in [0.4, 0.5) is 4.79 Å². The summed E-state index contributed by atoms with van der Waals surface area (Å²) in [6.07, 6.45) is 9.33. The number of nitriles is 1. The predicted octanol–water partition coefficient (Wildman–Crippen LogP) is 3.94. The number of carbonyl (C=O) groups excluding carboxylic acids is 9. The summed E-state index contributed by atoms with van der Waals surface area (Å²) in [5.74, 6) is -4.75. The Bertz CT molecular complexity index is 3580. The molecule has 4 unspecified atom stereocenters. The smallest absolute Gasteiger partial charge is 0.407 e. The third-order valence-electron chi connectivity index (χ3n) is 19.1. The van der Waals surface area contributed by atoms with E-state index in [-0.39, 0.29) is 63.1 Å². The topological polar surface area (TPSA) is 372 Å². The van der Waals surface area contributed by atoms with Crippen LogP contribution in [0.5, 0.6) is 0 Å². The number of nitrogens with one attached hydrogen (secondary N) is 7. The van der Waals surface area contributed by atoms with Crippen LogP contribution in [0.25, 0.3) is 11.1 Å². The van der Waals surface area contributed by atoms with Crippen molar-refractivity contribution in [1.29, 1.82) is 5.26 Å². The van der Waals surface area contributed by atoms with Gasteiger partial charge in [0.25, 0.3) is 11.8 Å². The molecule has 9 N–H and O–H groups in total. The highest BCUT2D eigenvalue weighted by Gasteiger charge is 2.63. The number of nitrogens with zero attached hydrogens (tertiary/aromatic N) is 3. The summed E-state index contributed by atoms with van der Waals surface area (Å²) in [5.41, 5.74) is 6.08. The Labute approximate surface area is 550 Å². The van der Waals surface area contributed by atoms with Gasteiger partial charge in [-0.15, -0.1) is 13.2 Å². The van der Waals surface area contributed by atoms with Crippen LogP contribution in [0.15, 0.2) is 73.8 Å². The minimum Gasteiger partial charge on any atom is -0.449 e. The van der Waals surface area contributed by atoms with Crippen molar-refractivity contribution in [3.8, 4) is 17.2 Å². The predicted molar refractivity (Wildman–Crippen MR) is 347 cm³/mol. The number of fused-ring (bicyclic) bond motifs is 3. The Kier molecular flexibility index (Phi) is 20.7. The number of likely N-dealkylation sites (tertiary alicyclic amines) is 2. The van der Waals surface area contributed by atoms with Crippen LogP contribution >= 0.6 is 0 Å². The van der Waals surface area contributed by atoms with Crippen molar-refractivity contribution >= 4 is 73.4 Å². The van der Waals surface area contributed by atoms with Crippen LogP contribution in [-0.2, 0) is 63.1 Å². The van der Waals surface area contributed by atoms with E-state index in [1.165, 1.54) is 28.9 Å². The molecule has 9 aliphatic rings. The highest BCUT2D eigenvalue weighted by atomic mass is 32.2. The lowest BCUT2D eigenvalue weighted by Gasteiger charge is -2.35. The zero-order chi connectivity index (χ0) is 68.6. The molecule has 0 bridgehead atoms. The van der Waals surface area contributed by atoms with Crippen molar-refractivity contribution in [3.05, 3.63) is 85.0 Å². The molecular formula is C67H91N11O14S2. The molecule has 11 rings (SSSR count). The first-order chi connectivity index (χ1) is 44.2. The van der Waals surface area contributed by atoms with Crippen molar-refractivity contribution in [1.82, 2.24) is 45.8 Å². The van der Waals surface area contributed by atoms with E-state index in [0.29, 0.717) is 50.4 Å². The number of rotatable bonds is 23. The summed E-state index contributed by atoms with van der Waals surface area (Å²) in [6.45, 7) is 20.0. The van der Waals surface area contributed by atoms with E-state index in [9.17, 15) is 60.0 Å². The van der Waals surface area contributed by atoms with Gasteiger partial charge in [-0.05, 0) is 122 Å². The minimum atomic E-state index is -3.90. The highest BCUT2D eigenvalue weighted by molar-refractivity contribution is 7.91. The van der Waals surface area contributed by atoms with E-state index < -0.39 is 142 Å². The molecule has 27 heteroatoms. The van der Waals surface area contributed by atoms with Gasteiger partial charge in [-0.1, -0.05) is 102 Å². The number of alkyl carbamates (subject to hydrolysis) is 1. The number of carbonyl (C=O) groups is 9. The average molecular weight is 1340 g/mol. The second-order valence-corrected chi connectivity index (χ2v) is 32.9. The number of ether oxygens (including phenoxy) is 1. The molecule has 6 saturated carbocycles. The molecule has 0 spiro atoms. The molecule has 0 aromatic heterocycles. The molecule has 2 aliphatic heterocycles. The maximum atomic E-state index is 14.4. The number of benzene rings is 2. The van der Waals surface area contributed by atoms with Crippen molar-refractivity contribution in [2.45, 2.75) is 202 Å². The number of hydrogen-bond donors (Lipinski definition) is 8. The second kappa shape index (κ2) is 27.6. The van der Waals surface area contributed by atoms with E-state index in [4.69, 9.17) is 15.7 Å². The van der Waals surface area contributed by atoms with Gasteiger partial charge >= 0.3 is 6.09 Å². The first kappa shape index (κ1) is 70.6. The monoisotopic (exact) mass is 1340 g/mol. The summed E-state index contributed by atoms with van der Waals surface area (Å²) < 4.78 is 60.1. The SMILES string of the molecule is C=CC1CC1(NC(=O)[C@@H]1C[C@@H](N)CN1C(=O)[C@@H](NC(=O)CC1CC1)C(C)(C)C)C(=O)NS(=O)(=O)C1CC1.C=CC1CC1(NC(=O)[C@@H]1C[C@@H](NC(=O)OCC2c3ccccc3-c3ccccc32)CN1C(=O)[C@@H](NC(=O)CC1CC1)C(C)(C)C)C(=O)NS(=O)(=O)C1CC1.CC#N. The lowest BCUT2D eigenvalue weighted by Crippen LogP contribution is -2.60. The van der Waals surface area contributed by atoms with Crippen molar-refractivity contribution in [3.63, 3.8) is 0 Å². The van der Waals surface area contributed by atoms with Gasteiger partial charge in [-0.3, -0.25) is 47.8 Å². The zero-order valence-corrected chi connectivity index (χ0v) is 56.3. The lowest BCUT2D eigenvalue weighted by molar-refractivity contribution is -0.144. The Morgan fingerprint density at radius 3 is 1.41 bits per heavy atom. The molecule has 94 heavy (non-hydrogen) atoms. The molecule has 7 aliphatic carbocycles. The van der Waals surface area contributed by atoms with Crippen LogP contribution in [-0.4, -0.2) is 158 Å². The van der Waals surface area contributed by atoms with Gasteiger partial charge in [-0.25, -0.2) is 21.6 Å². The number of amides is 9. The molecule has 25 nitrogen and oxygen atoms in total. The van der Waals surface area contributed by atoms with E-state index in [1.54, 1.807) is 6.07 Å². The summed E-state index contributed by atoms with van der Waals surface area (Å²) >= 11 is 0. The van der Waals surface area contributed by atoms with Crippen LogP contribution in [0.2, 0.25) is 0 Å². The zero-order valence-electron chi connectivity index (χ0n) is 54.7. The third kappa shape index (κ3) is 16.3. The molecule has 2 heterocycles. The fourth-order valence-corrected chi connectivity index (χ4v) is 15.6. The van der Waals surface area contributed by atoms with Crippen molar-refractivity contribution in [2.75, 3.05) is 19.7 Å². The molecule has 2 aromatic carbocycles. The Morgan fingerprint density at radius 1 is 0.649 bits per heavy atom. The van der Waals surface area contributed by atoms with Crippen LogP contribution < -0.4 is 41.8 Å². The second-order valence-electron chi connectivity index (χ2n) is 29.0. The number of sulfonamides is 2. The van der Waals surface area contributed by atoms with E-state index in [1.807, 2.05) is 90.1 Å². The Morgan fingerprint density at radius 2 is 1.04 bits per heavy atom. The van der Waals surface area contributed by atoms with Gasteiger partial charge in [0.15, 0.2) is 0 Å². The molecule has 2 aromatic rings. The van der Waals surface area contributed by atoms with Gasteiger partial charge in [0.1, 0.15) is 41.9 Å². The minimum absolute atomic E-state index is 0.00845. The van der Waals surface area contributed by atoms with E-state index in [0.717, 1.165) is 47.9 Å². The normalized spacial score (nSPS) is 26.4. The molecule has 9 amide bonds. The standard InChI is InChI=1S/C40H49N5O8S.C25H39N5O6S.C2H3N/c1-5-24-20-40(24,37(49)44-54(51,52)26-16-17-26)43-35(47)32-19-25(21-45(32)36(48)34(39(2,3)4)42-33(46)18-23-14-15-23)41-38(50)53-22-31-29-12-8-6-10-27(29)28-11-7-9-13-30(28)31;1-5-15-12-25(15,23(34)29-37(35,36)17-8-9-17)28-21(32)18-11-16(26)13-30(18)22(33)20(24(2,3)4)27-19(31)10-14-6-7-14;1-2-3/h5-13,23-26,31-32,34H,1,14-22H2,2-4H3,(H,41,50)(H,42,46)(H,43,47)(H,44,49);5,14-18,20H,1,6-13,26H2,2-4H3,(H,27,31)(H,28,32)(H,29,34);1H3/t24?,25-,32+,34-,40?;15?,16-,18+,20-,25?;/m11./s1. The Balaban J connectivity index is 0.000000227. The van der Waals surface area contributed by atoms with Crippen LogP contribution in [0.3, 0.4) is 0 Å². The lowest BCUT2D eigenvalue weighted by atomic mass is 9.85. The van der Waals surface area contributed by atoms with Gasteiger partial charge in [0.05, 0.1) is 22.6 Å². The van der Waals surface area contributed by atoms with Crippen LogP contribution in [0, 0.1) is 45.8 Å². The maximum Gasteiger partial charge on any atom is 0.407 e. The van der Waals surface area contributed by atoms with Crippen molar-refractivity contribution < 1.29 is 64.7 Å². The highest BCUT2D eigenvalue weighted by Crippen LogP contribution is 2.48. The van der Waals surface area contributed by atoms with E-state index in [2.05, 4.69) is 49.2 Å². The summed E-state index contributed by atoms with van der Waals surface area (Å²) in [7, 11) is -7.70. The number of nitrogens with two attached hydrogens (primary N) is 1. The average Bonchev–Trinajstić information content (AvgIpc) is 1.58. The number of hydrogen-bond acceptors (Lipinski definition) is 16. The molecule has 8 fully saturated rings. The Hall–Kier alpha value is -7.70. The molecule has 10 atom stereocenters. The van der Waals surface area contributed by atoms with Gasteiger partial charge in [0, 0.05) is 56.7 Å². The first-order valence-electron chi connectivity index (χ1n) is 32.6. The van der Waals surface area contributed by atoms with Gasteiger partial charge in [0.2, 0.25) is 55.5 Å². The summed E-state index contributed by atoms with van der Waals surface area (Å²) in [5, 5.41) is 20.2. The fourth-order valence-electron chi connectivity index (χ4n) is 12.9. The summed E-state index contributed by atoms with van der Waals surface area (Å²) in [6, 6.07) is 12.6. The molecule has 510 valence electrons. The largest absolute Gasteiger partial charge is 0.449 e. The van der Waals surface area contributed by atoms with Crippen molar-refractivity contribution in [2.24, 2.45) is 40.2 Å². The fraction of sp³-hybridized carbons (Fsp3) is 0.612. The quantitative estimate of drug-likeness (QED) is 0.0731. The third-order valence-corrected chi connectivity index (χ3v) is 22.8. The molecule has 2 saturated heterocycles. The van der Waals surface area contributed by atoms with E-state index >= 15 is 0 Å². The summed E-state index contributed by atoms with van der Waals surface area (Å²) in [4.78, 5) is 124. The van der Waals surface area contributed by atoms with Gasteiger partial charge in [-0.2, -0.15) is 5.26 Å². The first-order valence-corrected chi connectivity index (χ1v) is 35.7.